The molecule has 2 heterocycles. The van der Waals surface area contributed by atoms with Crippen molar-refractivity contribution in [2.45, 2.75) is 38.7 Å². The molecule has 0 aromatic carbocycles. The van der Waals surface area contributed by atoms with Crippen LogP contribution in [0.2, 0.25) is 0 Å². The maximum absolute atomic E-state index is 5.21. The molecule has 1 aliphatic rings. The van der Waals surface area contributed by atoms with E-state index in [2.05, 4.69) is 17.6 Å². The molecule has 2 aromatic heterocycles. The Morgan fingerprint density at radius 3 is 2.95 bits per heavy atom. The third kappa shape index (κ3) is 3.02. The highest BCUT2D eigenvalue weighted by Crippen LogP contribution is 2.46. The highest BCUT2D eigenvalue weighted by molar-refractivity contribution is 7.16. The molecule has 1 aliphatic carbocycles. The first kappa shape index (κ1) is 14.0. The topological polar surface area (TPSA) is 47.0 Å². The second-order valence-corrected chi connectivity index (χ2v) is 6.94. The summed E-state index contributed by atoms with van der Waals surface area (Å²) in [5.74, 6) is 0.639. The molecule has 3 rings (SSSR count). The molecule has 0 saturated heterocycles. The number of methoxy groups -OCH3 is 1. The minimum atomic E-state index is 0.593. The third-order valence-corrected chi connectivity index (χ3v) is 5.06. The van der Waals surface area contributed by atoms with E-state index >= 15 is 0 Å². The van der Waals surface area contributed by atoms with Crippen molar-refractivity contribution < 1.29 is 4.74 Å². The number of aromatic nitrogens is 2. The largest absolute Gasteiger partial charge is 0.378 e. The van der Waals surface area contributed by atoms with E-state index in [1.807, 2.05) is 0 Å². The molecule has 1 N–H and O–H groups in total. The Labute approximate surface area is 127 Å². The lowest BCUT2D eigenvalue weighted by atomic mass is 10.2. The molecular weight excluding hydrogens is 290 g/mol. The van der Waals surface area contributed by atoms with E-state index in [1.54, 1.807) is 29.8 Å². The quantitative estimate of drug-likeness (QED) is 0.836. The molecule has 0 bridgehead atoms. The molecule has 1 saturated carbocycles. The van der Waals surface area contributed by atoms with Crippen LogP contribution in [0.3, 0.4) is 0 Å². The van der Waals surface area contributed by atoms with Gasteiger partial charge in [-0.25, -0.2) is 9.97 Å². The van der Waals surface area contributed by atoms with Crippen LogP contribution in [0.5, 0.6) is 0 Å². The van der Waals surface area contributed by atoms with E-state index in [0.29, 0.717) is 12.5 Å². The Morgan fingerprint density at radius 2 is 2.25 bits per heavy atom. The standard InChI is InChI=1S/C14H19N3OS2/c1-3-6-15-14-16-10(8-19-14)13-12(9-4-5-9)17-11(20-13)7-18-2/h8-9H,3-7H2,1-2H3,(H,15,16). The minimum Gasteiger partial charge on any atom is -0.378 e. The first-order valence-corrected chi connectivity index (χ1v) is 8.69. The van der Waals surface area contributed by atoms with Crippen LogP contribution in [0, 0.1) is 0 Å². The van der Waals surface area contributed by atoms with Gasteiger partial charge in [-0.15, -0.1) is 22.7 Å². The summed E-state index contributed by atoms with van der Waals surface area (Å²) in [6.07, 6.45) is 3.63. The van der Waals surface area contributed by atoms with E-state index in [1.165, 1.54) is 23.4 Å². The minimum absolute atomic E-state index is 0.593. The average Bonchev–Trinajstić information content (AvgIpc) is 3.04. The molecular formula is C14H19N3OS2. The van der Waals surface area contributed by atoms with Crippen LogP contribution in [0.4, 0.5) is 5.13 Å². The normalized spacial score (nSPS) is 14.7. The van der Waals surface area contributed by atoms with Crippen molar-refractivity contribution >= 4 is 27.8 Å². The van der Waals surface area contributed by atoms with E-state index < -0.39 is 0 Å². The Bertz CT molecular complexity index is 575. The van der Waals surface area contributed by atoms with Crippen LogP contribution in [0.15, 0.2) is 5.38 Å². The molecule has 0 unspecified atom stereocenters. The van der Waals surface area contributed by atoms with Crippen molar-refractivity contribution in [2.24, 2.45) is 0 Å². The lowest BCUT2D eigenvalue weighted by Gasteiger charge is -1.98. The predicted octanol–water partition coefficient (Wildman–Crippen LogP) is 4.11. The molecule has 4 nitrogen and oxygen atoms in total. The molecule has 0 radical (unpaired) electrons. The zero-order chi connectivity index (χ0) is 13.9. The van der Waals surface area contributed by atoms with Crippen molar-refractivity contribution in [3.05, 3.63) is 16.1 Å². The summed E-state index contributed by atoms with van der Waals surface area (Å²) in [5, 5.41) is 7.54. The van der Waals surface area contributed by atoms with Crippen LogP contribution >= 0.6 is 22.7 Å². The Balaban J connectivity index is 1.85. The van der Waals surface area contributed by atoms with Gasteiger partial charge in [0.05, 0.1) is 22.9 Å². The first-order valence-electron chi connectivity index (χ1n) is 7.00. The van der Waals surface area contributed by atoms with Crippen molar-refractivity contribution in [1.82, 2.24) is 9.97 Å². The van der Waals surface area contributed by atoms with Crippen molar-refractivity contribution in [3.8, 4) is 10.6 Å². The van der Waals surface area contributed by atoms with Gasteiger partial charge in [-0.05, 0) is 19.3 Å². The van der Waals surface area contributed by atoms with Gasteiger partial charge in [-0.2, -0.15) is 0 Å². The summed E-state index contributed by atoms with van der Waals surface area (Å²) in [5.41, 5.74) is 2.30. The van der Waals surface area contributed by atoms with E-state index in [9.17, 15) is 0 Å². The summed E-state index contributed by atoms with van der Waals surface area (Å²) < 4.78 is 5.21. The Morgan fingerprint density at radius 1 is 1.40 bits per heavy atom. The molecule has 1 fully saturated rings. The van der Waals surface area contributed by atoms with E-state index in [4.69, 9.17) is 14.7 Å². The van der Waals surface area contributed by atoms with Crippen molar-refractivity contribution in [3.63, 3.8) is 0 Å². The number of thiazole rings is 2. The number of nitrogens with zero attached hydrogens (tertiary/aromatic N) is 2. The predicted molar refractivity (Wildman–Crippen MR) is 84.7 cm³/mol. The highest BCUT2D eigenvalue weighted by Gasteiger charge is 2.30. The Kier molecular flexibility index (Phi) is 4.33. The number of hydrogen-bond donors (Lipinski definition) is 1. The zero-order valence-electron chi connectivity index (χ0n) is 11.8. The summed E-state index contributed by atoms with van der Waals surface area (Å²) in [6.45, 7) is 3.72. The summed E-state index contributed by atoms with van der Waals surface area (Å²) in [6, 6.07) is 0. The summed E-state index contributed by atoms with van der Waals surface area (Å²) >= 11 is 3.40. The monoisotopic (exact) mass is 309 g/mol. The number of hydrogen-bond acceptors (Lipinski definition) is 6. The van der Waals surface area contributed by atoms with Crippen molar-refractivity contribution in [2.75, 3.05) is 19.0 Å². The van der Waals surface area contributed by atoms with Gasteiger partial charge in [0.2, 0.25) is 0 Å². The lowest BCUT2D eigenvalue weighted by molar-refractivity contribution is 0.184. The fraction of sp³-hybridized carbons (Fsp3) is 0.571. The van der Waals surface area contributed by atoms with E-state index in [-0.39, 0.29) is 0 Å². The van der Waals surface area contributed by atoms with Crippen molar-refractivity contribution in [1.29, 1.82) is 0 Å². The van der Waals surface area contributed by atoms with Gasteiger partial charge in [-0.3, -0.25) is 0 Å². The van der Waals surface area contributed by atoms with Gasteiger partial charge in [0.25, 0.3) is 0 Å². The molecule has 0 atom stereocenters. The molecule has 20 heavy (non-hydrogen) atoms. The van der Waals surface area contributed by atoms with E-state index in [0.717, 1.165) is 28.8 Å². The van der Waals surface area contributed by atoms with Gasteiger partial charge < -0.3 is 10.1 Å². The average molecular weight is 309 g/mol. The van der Waals surface area contributed by atoms with Crippen LogP contribution in [0.25, 0.3) is 10.6 Å². The maximum atomic E-state index is 5.21. The lowest BCUT2D eigenvalue weighted by Crippen LogP contribution is -1.98. The summed E-state index contributed by atoms with van der Waals surface area (Å²) in [4.78, 5) is 10.7. The fourth-order valence-electron chi connectivity index (χ4n) is 2.07. The van der Waals surface area contributed by atoms with Gasteiger partial charge in [0.15, 0.2) is 5.13 Å². The SMILES string of the molecule is CCCNc1nc(-c2sc(COC)nc2C2CC2)cs1. The molecule has 0 amide bonds. The van der Waals surface area contributed by atoms with Crippen LogP contribution < -0.4 is 5.32 Å². The number of ether oxygens (including phenoxy) is 1. The zero-order valence-corrected chi connectivity index (χ0v) is 13.4. The van der Waals surface area contributed by atoms with Gasteiger partial charge in [0.1, 0.15) is 5.01 Å². The molecule has 2 aromatic rings. The van der Waals surface area contributed by atoms with Crippen LogP contribution in [0.1, 0.15) is 42.8 Å². The second kappa shape index (κ2) is 6.20. The summed E-state index contributed by atoms with van der Waals surface area (Å²) in [7, 11) is 1.72. The molecule has 6 heteroatoms. The number of anilines is 1. The smallest absolute Gasteiger partial charge is 0.183 e. The van der Waals surface area contributed by atoms with Crippen LogP contribution in [-0.2, 0) is 11.3 Å². The maximum Gasteiger partial charge on any atom is 0.183 e. The number of rotatable bonds is 7. The van der Waals surface area contributed by atoms with Crippen LogP contribution in [-0.4, -0.2) is 23.6 Å². The molecule has 0 spiro atoms. The second-order valence-electron chi connectivity index (χ2n) is 4.99. The Hall–Kier alpha value is -0.980. The first-order chi connectivity index (χ1) is 9.81. The fourth-order valence-corrected chi connectivity index (χ4v) is 3.96. The molecule has 108 valence electrons. The van der Waals surface area contributed by atoms with Gasteiger partial charge >= 0.3 is 0 Å². The highest BCUT2D eigenvalue weighted by atomic mass is 32.1. The number of nitrogens with one attached hydrogen (secondary N) is 1. The van der Waals surface area contributed by atoms with Gasteiger partial charge in [0, 0.05) is 25.0 Å². The van der Waals surface area contributed by atoms with Gasteiger partial charge in [-0.1, -0.05) is 6.92 Å². The molecule has 0 aliphatic heterocycles. The third-order valence-electron chi connectivity index (χ3n) is 3.19.